The highest BCUT2D eigenvalue weighted by Crippen LogP contribution is 2.25. The third kappa shape index (κ3) is 4.49. The predicted molar refractivity (Wildman–Crippen MR) is 115 cm³/mol. The van der Waals surface area contributed by atoms with Gasteiger partial charge in [-0.1, -0.05) is 41.4 Å². The van der Waals surface area contributed by atoms with Crippen molar-refractivity contribution in [2.24, 2.45) is 5.92 Å². The number of benzene rings is 2. The van der Waals surface area contributed by atoms with Gasteiger partial charge < -0.3 is 5.32 Å². The van der Waals surface area contributed by atoms with Crippen molar-refractivity contribution in [1.29, 1.82) is 0 Å². The number of nitrogens with one attached hydrogen (secondary N) is 2. The zero-order chi connectivity index (χ0) is 19.5. The van der Waals surface area contributed by atoms with E-state index in [9.17, 15) is 4.79 Å². The number of para-hydroxylation sites is 1. The number of aromatic amines is 1. The molecule has 2 heterocycles. The number of hydrogen-bond donors (Lipinski definition) is 2. The molecule has 0 saturated carbocycles. The topological polar surface area (TPSA) is 61.0 Å². The van der Waals surface area contributed by atoms with Crippen molar-refractivity contribution in [2.75, 3.05) is 25.0 Å². The van der Waals surface area contributed by atoms with Crippen molar-refractivity contribution in [1.82, 2.24) is 14.9 Å². The number of piperidine rings is 1. The molecular formula is C21H22Cl2N4O. The molecule has 0 amide bonds. The van der Waals surface area contributed by atoms with Crippen LogP contribution < -0.4 is 10.9 Å². The SMILES string of the molecule is O=c1[nH]c(NCC2CCN(Cc3ccc(Cl)c(Cl)c3)CC2)nc2ccccc12. The number of hydrogen-bond acceptors (Lipinski definition) is 4. The number of halogens is 2. The molecule has 5 nitrogen and oxygen atoms in total. The first-order chi connectivity index (χ1) is 13.6. The van der Waals surface area contributed by atoms with Crippen LogP contribution in [-0.4, -0.2) is 34.5 Å². The molecule has 0 atom stereocenters. The fourth-order valence-corrected chi connectivity index (χ4v) is 3.98. The normalized spacial score (nSPS) is 15.8. The molecule has 1 aromatic heterocycles. The highest BCUT2D eigenvalue weighted by molar-refractivity contribution is 6.42. The molecule has 3 aromatic rings. The van der Waals surface area contributed by atoms with Gasteiger partial charge in [0.25, 0.3) is 5.56 Å². The molecule has 0 unspecified atom stereocenters. The molecule has 1 aliphatic rings. The van der Waals surface area contributed by atoms with Gasteiger partial charge in [0.05, 0.1) is 20.9 Å². The van der Waals surface area contributed by atoms with Crippen molar-refractivity contribution in [3.63, 3.8) is 0 Å². The number of rotatable bonds is 5. The summed E-state index contributed by atoms with van der Waals surface area (Å²) < 4.78 is 0. The molecular weight excluding hydrogens is 395 g/mol. The molecule has 0 spiro atoms. The van der Waals surface area contributed by atoms with E-state index in [1.165, 1.54) is 5.56 Å². The molecule has 7 heteroatoms. The number of fused-ring (bicyclic) bond motifs is 1. The Balaban J connectivity index is 1.30. The molecule has 0 bridgehead atoms. The van der Waals surface area contributed by atoms with Gasteiger partial charge in [-0.05, 0) is 61.7 Å². The summed E-state index contributed by atoms with van der Waals surface area (Å²) in [6, 6.07) is 13.2. The van der Waals surface area contributed by atoms with E-state index in [4.69, 9.17) is 23.2 Å². The van der Waals surface area contributed by atoms with Crippen LogP contribution in [-0.2, 0) is 6.54 Å². The fourth-order valence-electron chi connectivity index (χ4n) is 3.66. The third-order valence-electron chi connectivity index (χ3n) is 5.27. The Bertz CT molecular complexity index is 1030. The Morgan fingerprint density at radius 3 is 2.68 bits per heavy atom. The summed E-state index contributed by atoms with van der Waals surface area (Å²) in [7, 11) is 0. The maximum atomic E-state index is 12.2. The average Bonchev–Trinajstić information content (AvgIpc) is 2.70. The Hall–Kier alpha value is -2.08. The minimum atomic E-state index is -0.107. The number of anilines is 1. The zero-order valence-electron chi connectivity index (χ0n) is 15.4. The standard InChI is InChI=1S/C21H22Cl2N4O/c22-17-6-5-15(11-18(17)23)13-27-9-7-14(8-10-27)12-24-21-25-19-4-2-1-3-16(19)20(28)26-21/h1-6,11,14H,7-10,12-13H2,(H2,24,25,26,28). The van der Waals surface area contributed by atoms with Gasteiger partial charge in [-0.3, -0.25) is 14.7 Å². The first-order valence-corrected chi connectivity index (χ1v) is 10.2. The first-order valence-electron chi connectivity index (χ1n) is 9.48. The molecule has 1 fully saturated rings. The van der Waals surface area contributed by atoms with E-state index < -0.39 is 0 Å². The summed E-state index contributed by atoms with van der Waals surface area (Å²) in [6.45, 7) is 3.76. The highest BCUT2D eigenvalue weighted by atomic mass is 35.5. The second kappa shape index (κ2) is 8.52. The second-order valence-electron chi connectivity index (χ2n) is 7.28. The van der Waals surface area contributed by atoms with Crippen LogP contribution in [0, 0.1) is 5.92 Å². The summed E-state index contributed by atoms with van der Waals surface area (Å²) in [4.78, 5) is 21.9. The van der Waals surface area contributed by atoms with Crippen LogP contribution in [0.1, 0.15) is 18.4 Å². The molecule has 2 aromatic carbocycles. The predicted octanol–water partition coefficient (Wildman–Crippen LogP) is 4.55. The van der Waals surface area contributed by atoms with E-state index >= 15 is 0 Å². The summed E-state index contributed by atoms with van der Waals surface area (Å²) in [5.41, 5.74) is 1.79. The number of H-pyrrole nitrogens is 1. The van der Waals surface area contributed by atoms with Gasteiger partial charge in [-0.2, -0.15) is 0 Å². The highest BCUT2D eigenvalue weighted by Gasteiger charge is 2.19. The summed E-state index contributed by atoms with van der Waals surface area (Å²) in [5.74, 6) is 1.10. The Morgan fingerprint density at radius 1 is 1.11 bits per heavy atom. The maximum absolute atomic E-state index is 12.2. The maximum Gasteiger partial charge on any atom is 0.260 e. The number of aromatic nitrogens is 2. The number of likely N-dealkylation sites (tertiary alicyclic amines) is 1. The monoisotopic (exact) mass is 416 g/mol. The lowest BCUT2D eigenvalue weighted by Gasteiger charge is -2.32. The van der Waals surface area contributed by atoms with E-state index in [0.717, 1.165) is 39.0 Å². The van der Waals surface area contributed by atoms with Gasteiger partial charge in [-0.15, -0.1) is 0 Å². The van der Waals surface area contributed by atoms with E-state index in [1.807, 2.05) is 36.4 Å². The lowest BCUT2D eigenvalue weighted by molar-refractivity contribution is 0.182. The molecule has 0 aliphatic carbocycles. The van der Waals surface area contributed by atoms with E-state index in [1.54, 1.807) is 6.07 Å². The molecule has 4 rings (SSSR count). The van der Waals surface area contributed by atoms with Crippen molar-refractivity contribution in [3.8, 4) is 0 Å². The van der Waals surface area contributed by atoms with Crippen LogP contribution >= 0.6 is 23.2 Å². The van der Waals surface area contributed by atoms with Gasteiger partial charge in [0.2, 0.25) is 5.95 Å². The largest absolute Gasteiger partial charge is 0.355 e. The lowest BCUT2D eigenvalue weighted by Crippen LogP contribution is -2.35. The molecule has 146 valence electrons. The van der Waals surface area contributed by atoms with Crippen LogP contribution in [0.4, 0.5) is 5.95 Å². The van der Waals surface area contributed by atoms with Gasteiger partial charge in [0, 0.05) is 13.1 Å². The van der Waals surface area contributed by atoms with Crippen LogP contribution in [0.2, 0.25) is 10.0 Å². The van der Waals surface area contributed by atoms with Crippen LogP contribution in [0.5, 0.6) is 0 Å². The molecule has 28 heavy (non-hydrogen) atoms. The van der Waals surface area contributed by atoms with Crippen molar-refractivity contribution in [3.05, 3.63) is 68.4 Å². The molecule has 1 saturated heterocycles. The second-order valence-corrected chi connectivity index (χ2v) is 8.09. The third-order valence-corrected chi connectivity index (χ3v) is 6.01. The molecule has 2 N–H and O–H groups in total. The first kappa shape index (κ1) is 19.2. The van der Waals surface area contributed by atoms with Gasteiger partial charge >= 0.3 is 0 Å². The van der Waals surface area contributed by atoms with Crippen LogP contribution in [0.25, 0.3) is 10.9 Å². The quantitative estimate of drug-likeness (QED) is 0.639. The zero-order valence-corrected chi connectivity index (χ0v) is 16.9. The van der Waals surface area contributed by atoms with Crippen molar-refractivity contribution < 1.29 is 0 Å². The summed E-state index contributed by atoms with van der Waals surface area (Å²) in [6.07, 6.45) is 2.21. The summed E-state index contributed by atoms with van der Waals surface area (Å²) in [5, 5.41) is 5.12. The average molecular weight is 417 g/mol. The van der Waals surface area contributed by atoms with Gasteiger partial charge in [0.15, 0.2) is 0 Å². The summed E-state index contributed by atoms with van der Waals surface area (Å²) >= 11 is 12.1. The minimum absolute atomic E-state index is 0.107. The smallest absolute Gasteiger partial charge is 0.260 e. The fraction of sp³-hybridized carbons (Fsp3) is 0.333. The van der Waals surface area contributed by atoms with Crippen LogP contribution in [0.3, 0.4) is 0 Å². The van der Waals surface area contributed by atoms with Crippen LogP contribution in [0.15, 0.2) is 47.3 Å². The Labute approximate surface area is 173 Å². The number of nitrogens with zero attached hydrogens (tertiary/aromatic N) is 2. The lowest BCUT2D eigenvalue weighted by atomic mass is 9.96. The van der Waals surface area contributed by atoms with E-state index in [-0.39, 0.29) is 5.56 Å². The Morgan fingerprint density at radius 2 is 1.89 bits per heavy atom. The van der Waals surface area contributed by atoms with E-state index in [2.05, 4.69) is 20.2 Å². The van der Waals surface area contributed by atoms with Gasteiger partial charge in [0.1, 0.15) is 0 Å². The molecule has 1 aliphatic heterocycles. The van der Waals surface area contributed by atoms with Crippen molar-refractivity contribution in [2.45, 2.75) is 19.4 Å². The van der Waals surface area contributed by atoms with Gasteiger partial charge in [-0.25, -0.2) is 4.98 Å². The Kier molecular flexibility index (Phi) is 5.85. The minimum Gasteiger partial charge on any atom is -0.355 e. The molecule has 0 radical (unpaired) electrons. The van der Waals surface area contributed by atoms with E-state index in [0.29, 0.717) is 32.8 Å². The van der Waals surface area contributed by atoms with Crippen molar-refractivity contribution >= 4 is 40.1 Å².